The second kappa shape index (κ2) is 5.59. The number of amides is 1. The van der Waals surface area contributed by atoms with Gasteiger partial charge in [0.05, 0.1) is 12.1 Å². The highest BCUT2D eigenvalue weighted by Gasteiger charge is 2.19. The molecule has 102 valence electrons. The third-order valence-electron chi connectivity index (χ3n) is 3.04. The Labute approximate surface area is 116 Å². The Morgan fingerprint density at radius 3 is 2.89 bits per heavy atom. The lowest BCUT2D eigenvalue weighted by atomic mass is 10.1. The molecule has 1 aliphatic heterocycles. The van der Waals surface area contributed by atoms with Crippen LogP contribution in [-0.2, 0) is 11.3 Å². The summed E-state index contributed by atoms with van der Waals surface area (Å²) in [5.74, 6) is -0.333. The molecule has 0 atom stereocenters. The number of carbonyl (C=O) groups is 2. The van der Waals surface area contributed by atoms with Crippen LogP contribution in [0.15, 0.2) is 12.1 Å². The van der Waals surface area contributed by atoms with Gasteiger partial charge in [-0.2, -0.15) is 0 Å². The number of phenolic OH excluding ortho intramolecular Hbond substituents is 1. The van der Waals surface area contributed by atoms with Crippen LogP contribution in [0.3, 0.4) is 0 Å². The average molecular weight is 283 g/mol. The number of nitrogens with one attached hydrogen (secondary N) is 1. The van der Waals surface area contributed by atoms with Crippen molar-refractivity contribution in [2.45, 2.75) is 13.5 Å². The summed E-state index contributed by atoms with van der Waals surface area (Å²) >= 11 is 5.95. The molecule has 0 saturated carbocycles. The summed E-state index contributed by atoms with van der Waals surface area (Å²) in [6.07, 6.45) is 0. The van der Waals surface area contributed by atoms with Crippen molar-refractivity contribution in [3.63, 3.8) is 0 Å². The van der Waals surface area contributed by atoms with E-state index in [1.807, 2.05) is 4.90 Å². The standard InChI is InChI=1S/C13H15ClN2O3/c1-8(17)11-5-10(14)4-9(13(11)19)6-16-3-2-15-12(18)7-16/h4-5,19H,2-3,6-7H2,1H3,(H,15,18). The molecule has 1 fully saturated rings. The number of carbonyl (C=O) groups excluding carboxylic acids is 2. The lowest BCUT2D eigenvalue weighted by Gasteiger charge is -2.26. The second-order valence-electron chi connectivity index (χ2n) is 4.58. The molecule has 1 aromatic rings. The first kappa shape index (κ1) is 13.8. The Morgan fingerprint density at radius 2 is 2.26 bits per heavy atom. The fourth-order valence-corrected chi connectivity index (χ4v) is 2.35. The first-order valence-corrected chi connectivity index (χ1v) is 6.36. The van der Waals surface area contributed by atoms with Crippen LogP contribution in [0.25, 0.3) is 0 Å². The van der Waals surface area contributed by atoms with Crippen LogP contribution in [0.2, 0.25) is 5.02 Å². The van der Waals surface area contributed by atoms with Gasteiger partial charge < -0.3 is 10.4 Å². The summed E-state index contributed by atoms with van der Waals surface area (Å²) in [4.78, 5) is 24.6. The second-order valence-corrected chi connectivity index (χ2v) is 5.01. The fourth-order valence-electron chi connectivity index (χ4n) is 2.11. The lowest BCUT2D eigenvalue weighted by molar-refractivity contribution is -0.124. The molecule has 0 spiro atoms. The number of rotatable bonds is 3. The molecular formula is C13H15ClN2O3. The number of aromatic hydroxyl groups is 1. The predicted octanol–water partition coefficient (Wildman–Crippen LogP) is 1.18. The molecule has 2 N–H and O–H groups in total. The molecule has 0 aromatic heterocycles. The highest BCUT2D eigenvalue weighted by atomic mass is 35.5. The van der Waals surface area contributed by atoms with Crippen molar-refractivity contribution in [1.29, 1.82) is 0 Å². The van der Waals surface area contributed by atoms with Crippen molar-refractivity contribution in [3.05, 3.63) is 28.3 Å². The zero-order valence-corrected chi connectivity index (χ0v) is 11.3. The van der Waals surface area contributed by atoms with Gasteiger partial charge in [-0.3, -0.25) is 14.5 Å². The molecule has 0 aliphatic carbocycles. The van der Waals surface area contributed by atoms with Crippen LogP contribution in [0.5, 0.6) is 5.75 Å². The zero-order chi connectivity index (χ0) is 14.0. The summed E-state index contributed by atoms with van der Waals surface area (Å²) in [6, 6.07) is 3.07. The third-order valence-corrected chi connectivity index (χ3v) is 3.26. The molecule has 0 radical (unpaired) electrons. The largest absolute Gasteiger partial charge is 0.507 e. The molecule has 1 saturated heterocycles. The van der Waals surface area contributed by atoms with Crippen molar-refractivity contribution < 1.29 is 14.7 Å². The van der Waals surface area contributed by atoms with Gasteiger partial charge in [0, 0.05) is 30.2 Å². The summed E-state index contributed by atoms with van der Waals surface area (Å²) < 4.78 is 0. The van der Waals surface area contributed by atoms with Crippen molar-refractivity contribution in [2.24, 2.45) is 0 Å². The molecule has 1 amide bonds. The van der Waals surface area contributed by atoms with E-state index in [2.05, 4.69) is 5.32 Å². The molecule has 0 unspecified atom stereocenters. The smallest absolute Gasteiger partial charge is 0.234 e. The van der Waals surface area contributed by atoms with Crippen molar-refractivity contribution in [1.82, 2.24) is 10.2 Å². The van der Waals surface area contributed by atoms with Gasteiger partial charge >= 0.3 is 0 Å². The molecule has 1 heterocycles. The van der Waals surface area contributed by atoms with E-state index in [1.54, 1.807) is 6.07 Å². The summed E-state index contributed by atoms with van der Waals surface area (Å²) in [5.41, 5.74) is 0.774. The number of halogens is 1. The van der Waals surface area contributed by atoms with Crippen LogP contribution in [0, 0.1) is 0 Å². The maximum absolute atomic E-state index is 11.4. The summed E-state index contributed by atoms with van der Waals surface area (Å²) in [7, 11) is 0. The average Bonchev–Trinajstić information content (AvgIpc) is 2.33. The molecule has 1 aromatic carbocycles. The fraction of sp³-hybridized carbons (Fsp3) is 0.385. The van der Waals surface area contributed by atoms with E-state index in [4.69, 9.17) is 11.6 Å². The van der Waals surface area contributed by atoms with E-state index >= 15 is 0 Å². The number of hydrogen-bond donors (Lipinski definition) is 2. The van der Waals surface area contributed by atoms with Crippen LogP contribution in [-0.4, -0.2) is 41.3 Å². The van der Waals surface area contributed by atoms with Crippen molar-refractivity contribution in [2.75, 3.05) is 19.6 Å². The van der Waals surface area contributed by atoms with Gasteiger partial charge in [-0.25, -0.2) is 0 Å². The summed E-state index contributed by atoms with van der Waals surface area (Å²) in [5, 5.41) is 13.2. The van der Waals surface area contributed by atoms with Gasteiger partial charge in [-0.05, 0) is 19.1 Å². The SMILES string of the molecule is CC(=O)c1cc(Cl)cc(CN2CCNC(=O)C2)c1O. The van der Waals surface area contributed by atoms with E-state index in [0.717, 1.165) is 0 Å². The number of nitrogens with zero attached hydrogens (tertiary/aromatic N) is 1. The quantitative estimate of drug-likeness (QED) is 0.817. The van der Waals surface area contributed by atoms with Crippen molar-refractivity contribution >= 4 is 23.3 Å². The number of phenols is 1. The Kier molecular flexibility index (Phi) is 4.07. The van der Waals surface area contributed by atoms with Gasteiger partial charge in [0.2, 0.25) is 5.91 Å². The first-order chi connectivity index (χ1) is 8.97. The van der Waals surface area contributed by atoms with Crippen LogP contribution >= 0.6 is 11.6 Å². The Balaban J connectivity index is 2.24. The Hall–Kier alpha value is -1.59. The monoisotopic (exact) mass is 282 g/mol. The molecule has 5 nitrogen and oxygen atoms in total. The number of hydrogen-bond acceptors (Lipinski definition) is 4. The van der Waals surface area contributed by atoms with E-state index in [1.165, 1.54) is 13.0 Å². The molecule has 2 rings (SSSR count). The lowest BCUT2D eigenvalue weighted by Crippen LogP contribution is -2.47. The van der Waals surface area contributed by atoms with Gasteiger partial charge in [0.15, 0.2) is 5.78 Å². The van der Waals surface area contributed by atoms with Crippen LogP contribution in [0.1, 0.15) is 22.8 Å². The maximum atomic E-state index is 11.4. The minimum atomic E-state index is -0.238. The number of benzene rings is 1. The zero-order valence-electron chi connectivity index (χ0n) is 10.6. The highest BCUT2D eigenvalue weighted by molar-refractivity contribution is 6.31. The molecular weight excluding hydrogens is 268 g/mol. The van der Waals surface area contributed by atoms with Gasteiger partial charge in [-0.1, -0.05) is 11.6 Å². The first-order valence-electron chi connectivity index (χ1n) is 5.98. The van der Waals surface area contributed by atoms with Gasteiger partial charge in [0.1, 0.15) is 5.75 Å². The number of piperazine rings is 1. The van der Waals surface area contributed by atoms with Crippen molar-refractivity contribution in [3.8, 4) is 5.75 Å². The normalized spacial score (nSPS) is 16.2. The molecule has 19 heavy (non-hydrogen) atoms. The molecule has 1 aliphatic rings. The van der Waals surface area contributed by atoms with Gasteiger partial charge in [-0.15, -0.1) is 0 Å². The minimum absolute atomic E-state index is 0.0421. The third kappa shape index (κ3) is 3.24. The number of Topliss-reactive ketones (excluding diaryl/α,β-unsaturated/α-hetero) is 1. The maximum Gasteiger partial charge on any atom is 0.234 e. The van der Waals surface area contributed by atoms with E-state index in [-0.39, 0.29) is 29.5 Å². The summed E-state index contributed by atoms with van der Waals surface area (Å²) in [6.45, 7) is 3.33. The van der Waals surface area contributed by atoms with Crippen LogP contribution < -0.4 is 5.32 Å². The molecule has 0 bridgehead atoms. The van der Waals surface area contributed by atoms with Gasteiger partial charge in [0.25, 0.3) is 0 Å². The topological polar surface area (TPSA) is 69.6 Å². The minimum Gasteiger partial charge on any atom is -0.507 e. The van der Waals surface area contributed by atoms with E-state index < -0.39 is 0 Å². The Morgan fingerprint density at radius 1 is 1.53 bits per heavy atom. The van der Waals surface area contributed by atoms with E-state index in [9.17, 15) is 14.7 Å². The number of ketones is 1. The van der Waals surface area contributed by atoms with E-state index in [0.29, 0.717) is 30.2 Å². The Bertz CT molecular complexity index is 531. The van der Waals surface area contributed by atoms with Crippen LogP contribution in [0.4, 0.5) is 0 Å². The highest BCUT2D eigenvalue weighted by Crippen LogP contribution is 2.28. The molecule has 6 heteroatoms. The predicted molar refractivity (Wildman–Crippen MR) is 71.4 cm³/mol.